The average molecular weight is 317 g/mol. The van der Waals surface area contributed by atoms with Gasteiger partial charge in [0.1, 0.15) is 5.75 Å². The Balaban J connectivity index is 2.55. The smallest absolute Gasteiger partial charge is 0.291 e. The number of nitrogens with zero attached hydrogens (tertiary/aromatic N) is 1. The molecule has 0 aliphatic carbocycles. The quantitative estimate of drug-likeness (QED) is 0.885. The summed E-state index contributed by atoms with van der Waals surface area (Å²) < 4.78 is 5.70. The van der Waals surface area contributed by atoms with Crippen LogP contribution >= 0.6 is 11.6 Å². The summed E-state index contributed by atoms with van der Waals surface area (Å²) in [7, 11) is 0. The minimum Gasteiger partial charge on any atom is -0.450 e. The number of halogens is 1. The van der Waals surface area contributed by atoms with Gasteiger partial charge in [0.15, 0.2) is 5.75 Å². The molecular formula is C17H17ClN2O2. The van der Waals surface area contributed by atoms with Gasteiger partial charge in [-0.15, -0.1) is 0 Å². The van der Waals surface area contributed by atoms with E-state index in [9.17, 15) is 4.79 Å². The summed E-state index contributed by atoms with van der Waals surface area (Å²) >= 11 is 6.13. The summed E-state index contributed by atoms with van der Waals surface area (Å²) in [5.74, 6) is 0.617. The zero-order valence-corrected chi connectivity index (χ0v) is 13.5. The van der Waals surface area contributed by atoms with Gasteiger partial charge in [-0.25, -0.2) is 0 Å². The molecule has 22 heavy (non-hydrogen) atoms. The Labute approximate surface area is 133 Å². The molecule has 0 unspecified atom stereocenters. The van der Waals surface area contributed by atoms with E-state index < -0.39 is 0 Å². The molecule has 0 spiro atoms. The number of benzene rings is 1. The van der Waals surface area contributed by atoms with Crippen molar-refractivity contribution in [3.05, 3.63) is 55.8 Å². The van der Waals surface area contributed by atoms with Crippen molar-refractivity contribution in [2.45, 2.75) is 20.8 Å². The highest BCUT2D eigenvalue weighted by Gasteiger charge is 2.09. The van der Waals surface area contributed by atoms with Crippen LogP contribution < -0.4 is 20.9 Å². The van der Waals surface area contributed by atoms with Crippen LogP contribution in [0.25, 0.3) is 12.8 Å². The number of aryl methyl sites for hydroxylation is 1. The average Bonchev–Trinajstić information content (AvgIpc) is 2.43. The van der Waals surface area contributed by atoms with Crippen LogP contribution in [0.2, 0.25) is 5.02 Å². The predicted molar refractivity (Wildman–Crippen MR) is 91.3 cm³/mol. The van der Waals surface area contributed by atoms with Gasteiger partial charge in [-0.2, -0.15) is 0 Å². The molecule has 114 valence electrons. The number of aromatic amines is 1. The van der Waals surface area contributed by atoms with E-state index in [1.807, 2.05) is 32.9 Å². The summed E-state index contributed by atoms with van der Waals surface area (Å²) in [6.07, 6.45) is 1.64. The molecule has 0 radical (unpaired) electrons. The van der Waals surface area contributed by atoms with Gasteiger partial charge in [0.2, 0.25) is 0 Å². The number of ether oxygens (including phenoxy) is 1. The lowest BCUT2D eigenvalue weighted by Gasteiger charge is -2.09. The van der Waals surface area contributed by atoms with Crippen molar-refractivity contribution in [3.8, 4) is 11.5 Å². The highest BCUT2D eigenvalue weighted by atomic mass is 35.5. The molecule has 2 aromatic rings. The van der Waals surface area contributed by atoms with E-state index in [0.29, 0.717) is 21.3 Å². The zero-order chi connectivity index (χ0) is 16.3. The molecule has 1 N–H and O–H groups in total. The molecule has 0 fully saturated rings. The molecule has 1 aromatic heterocycles. The second kappa shape index (κ2) is 6.62. The first-order chi connectivity index (χ1) is 10.4. The number of aliphatic imine (C=N–C) groups is 1. The standard InChI is InChI=1S/C17H17ClN2O2/c1-10(2)19-9-13-8-15(17(21)20-12(13)4)22-16-11(3)6-5-7-14(16)18/h5-9H,4H2,1-3H3,(H,20,21)/b13-9-. The first-order valence-electron chi connectivity index (χ1n) is 6.75. The van der Waals surface area contributed by atoms with Crippen molar-refractivity contribution in [2.75, 3.05) is 0 Å². The Hall–Kier alpha value is -2.33. The normalized spacial score (nSPS) is 11.4. The van der Waals surface area contributed by atoms with Crippen molar-refractivity contribution in [2.24, 2.45) is 4.99 Å². The molecule has 5 heteroatoms. The minimum atomic E-state index is -0.362. The van der Waals surface area contributed by atoms with E-state index in [2.05, 4.69) is 16.6 Å². The van der Waals surface area contributed by atoms with Crippen molar-refractivity contribution >= 4 is 30.1 Å². The molecule has 0 atom stereocenters. The van der Waals surface area contributed by atoms with Crippen molar-refractivity contribution in [3.63, 3.8) is 0 Å². The second-order valence-corrected chi connectivity index (χ2v) is 5.50. The molecule has 1 aromatic carbocycles. The van der Waals surface area contributed by atoms with Gasteiger partial charge in [-0.3, -0.25) is 9.79 Å². The van der Waals surface area contributed by atoms with Crippen LogP contribution in [0.4, 0.5) is 0 Å². The molecule has 4 nitrogen and oxygen atoms in total. The highest BCUT2D eigenvalue weighted by molar-refractivity contribution is 6.32. The van der Waals surface area contributed by atoms with E-state index in [-0.39, 0.29) is 11.3 Å². The van der Waals surface area contributed by atoms with Gasteiger partial charge in [-0.1, -0.05) is 30.3 Å². The maximum absolute atomic E-state index is 12.0. The fourth-order valence-electron chi connectivity index (χ4n) is 1.81. The molecule has 0 saturated heterocycles. The molecule has 0 amide bonds. The lowest BCUT2D eigenvalue weighted by Crippen LogP contribution is -2.33. The van der Waals surface area contributed by atoms with Crippen LogP contribution in [0.1, 0.15) is 19.4 Å². The van der Waals surface area contributed by atoms with Crippen molar-refractivity contribution < 1.29 is 4.74 Å². The number of rotatable bonds is 3. The summed E-state index contributed by atoms with van der Waals surface area (Å²) in [5, 5.41) is 1.62. The summed E-state index contributed by atoms with van der Waals surface area (Å²) in [4.78, 5) is 18.9. The van der Waals surface area contributed by atoms with Crippen LogP contribution in [0.5, 0.6) is 11.5 Å². The minimum absolute atomic E-state index is 0.152. The van der Waals surface area contributed by atoms with Gasteiger partial charge >= 0.3 is 0 Å². The van der Waals surface area contributed by atoms with E-state index in [1.54, 1.807) is 18.3 Å². The van der Waals surface area contributed by atoms with Crippen LogP contribution in [0.15, 0.2) is 34.1 Å². The largest absolute Gasteiger partial charge is 0.450 e. The molecule has 0 aliphatic heterocycles. The Morgan fingerprint density at radius 3 is 2.77 bits per heavy atom. The Morgan fingerprint density at radius 1 is 1.41 bits per heavy atom. The zero-order valence-electron chi connectivity index (χ0n) is 12.7. The fraction of sp³-hybridized carbons (Fsp3) is 0.176. The Bertz CT molecular complexity index is 874. The van der Waals surface area contributed by atoms with Gasteiger partial charge in [-0.05, 0) is 38.5 Å². The first-order valence-corrected chi connectivity index (χ1v) is 7.12. The number of hydrogen-bond acceptors (Lipinski definition) is 3. The van der Waals surface area contributed by atoms with E-state index >= 15 is 0 Å². The Kier molecular flexibility index (Phi) is 4.83. The first kappa shape index (κ1) is 16.0. The third kappa shape index (κ3) is 3.65. The van der Waals surface area contributed by atoms with Crippen LogP contribution in [-0.2, 0) is 0 Å². The van der Waals surface area contributed by atoms with Gasteiger partial charge < -0.3 is 9.72 Å². The van der Waals surface area contributed by atoms with E-state index in [4.69, 9.17) is 16.3 Å². The number of hydrogen-bond donors (Lipinski definition) is 1. The topological polar surface area (TPSA) is 54.5 Å². The molecule has 0 saturated carbocycles. The molecular weight excluding hydrogens is 300 g/mol. The van der Waals surface area contributed by atoms with E-state index in [0.717, 1.165) is 11.3 Å². The molecule has 2 rings (SSSR count). The van der Waals surface area contributed by atoms with Gasteiger partial charge in [0.05, 0.1) is 5.02 Å². The number of nitrogens with one attached hydrogen (secondary N) is 1. The van der Waals surface area contributed by atoms with Crippen molar-refractivity contribution in [1.29, 1.82) is 0 Å². The summed E-state index contributed by atoms with van der Waals surface area (Å²) in [6, 6.07) is 7.01. The van der Waals surface area contributed by atoms with Crippen molar-refractivity contribution in [1.82, 2.24) is 4.98 Å². The monoisotopic (exact) mass is 316 g/mol. The predicted octanol–water partition coefficient (Wildman–Crippen LogP) is 2.76. The number of aromatic nitrogens is 1. The van der Waals surface area contributed by atoms with Crippen LogP contribution in [0, 0.1) is 6.92 Å². The maximum atomic E-state index is 12.0. The summed E-state index contributed by atoms with van der Waals surface area (Å²) in [5.41, 5.74) is 1.38. The third-order valence-electron chi connectivity index (χ3n) is 2.96. The molecule has 1 heterocycles. The summed E-state index contributed by atoms with van der Waals surface area (Å²) in [6.45, 7) is 9.44. The lowest BCUT2D eigenvalue weighted by atomic mass is 10.2. The number of pyridine rings is 1. The molecule has 0 bridgehead atoms. The SMILES string of the molecule is C=c1[nH]c(=O)c(Oc2c(C)cccc2Cl)c/c1=C/N=C(C)C. The van der Waals surface area contributed by atoms with Gasteiger partial charge in [0.25, 0.3) is 5.56 Å². The second-order valence-electron chi connectivity index (χ2n) is 5.09. The number of H-pyrrole nitrogens is 1. The van der Waals surface area contributed by atoms with Crippen LogP contribution in [-0.4, -0.2) is 10.7 Å². The van der Waals surface area contributed by atoms with E-state index in [1.165, 1.54) is 0 Å². The fourth-order valence-corrected chi connectivity index (χ4v) is 2.07. The Morgan fingerprint density at radius 2 is 2.14 bits per heavy atom. The lowest BCUT2D eigenvalue weighted by molar-refractivity contribution is 0.470. The van der Waals surface area contributed by atoms with Gasteiger partial charge in [0, 0.05) is 22.5 Å². The van der Waals surface area contributed by atoms with Crippen LogP contribution in [0.3, 0.4) is 0 Å². The third-order valence-corrected chi connectivity index (χ3v) is 3.26. The maximum Gasteiger partial charge on any atom is 0.291 e. The number of para-hydroxylation sites is 1. The highest BCUT2D eigenvalue weighted by Crippen LogP contribution is 2.30. The molecule has 0 aliphatic rings.